The maximum Gasteiger partial charge on any atom is 0.346 e. The fraction of sp³-hybridized carbons (Fsp3) is 0.259. The first-order valence-electron chi connectivity index (χ1n) is 12.3. The average molecular weight is 511 g/mol. The van der Waals surface area contributed by atoms with Crippen molar-refractivity contribution in [3.8, 4) is 29.1 Å². The minimum Gasteiger partial charge on any atom is -0.454 e. The van der Waals surface area contributed by atoms with Crippen LogP contribution in [0.3, 0.4) is 0 Å². The minimum atomic E-state index is -0.228. The second kappa shape index (κ2) is 8.85. The van der Waals surface area contributed by atoms with Gasteiger partial charge in [0, 0.05) is 42.6 Å². The van der Waals surface area contributed by atoms with Crippen LogP contribution in [0.2, 0.25) is 0 Å². The van der Waals surface area contributed by atoms with Crippen molar-refractivity contribution in [1.29, 1.82) is 5.26 Å². The van der Waals surface area contributed by atoms with Crippen molar-refractivity contribution < 1.29 is 23.7 Å². The van der Waals surface area contributed by atoms with E-state index in [-0.39, 0.29) is 25.7 Å². The van der Waals surface area contributed by atoms with E-state index in [1.807, 2.05) is 36.4 Å². The van der Waals surface area contributed by atoms with Crippen molar-refractivity contribution in [3.63, 3.8) is 0 Å². The predicted molar refractivity (Wildman–Crippen MR) is 135 cm³/mol. The van der Waals surface area contributed by atoms with Gasteiger partial charge in [-0.15, -0.1) is 5.10 Å². The van der Waals surface area contributed by atoms with Gasteiger partial charge in [-0.3, -0.25) is 0 Å². The lowest BCUT2D eigenvalue weighted by atomic mass is 10.0. The summed E-state index contributed by atoms with van der Waals surface area (Å²) in [4.78, 5) is 17.4. The van der Waals surface area contributed by atoms with Crippen molar-refractivity contribution in [1.82, 2.24) is 19.9 Å². The Balaban J connectivity index is 1.15. The van der Waals surface area contributed by atoms with E-state index in [1.165, 1.54) is 4.68 Å². The number of carbonyl (C=O) groups is 1. The third-order valence-corrected chi connectivity index (χ3v) is 7.12. The molecule has 4 heterocycles. The predicted octanol–water partition coefficient (Wildman–Crippen LogP) is 4.03. The van der Waals surface area contributed by atoms with E-state index in [1.54, 1.807) is 23.1 Å². The van der Waals surface area contributed by atoms with Gasteiger partial charge in [-0.2, -0.15) is 9.94 Å². The highest BCUT2D eigenvalue weighted by Gasteiger charge is 2.31. The van der Waals surface area contributed by atoms with E-state index in [2.05, 4.69) is 21.3 Å². The molecule has 11 nitrogen and oxygen atoms in total. The van der Waals surface area contributed by atoms with Crippen LogP contribution in [0.4, 0.5) is 16.2 Å². The van der Waals surface area contributed by atoms with Gasteiger partial charge < -0.3 is 28.7 Å². The molecule has 0 unspecified atom stereocenters. The number of carbonyl (C=O) groups excluding carboxylic acids is 1. The molecule has 1 fully saturated rings. The standard InChI is InChI=1S/C27H22N6O5/c28-14-17-1-4-22-21(11-17)29-30-33(22)27(34)31-9-7-18(8-10-31)32(19-2-5-23-25(12-19)37-15-35-23)20-3-6-24-26(13-20)38-16-36-24/h1-6,11-13,18H,7-10,15-16H2. The fourth-order valence-electron chi connectivity index (χ4n) is 5.22. The third kappa shape index (κ3) is 3.69. The molecule has 0 spiro atoms. The average Bonchev–Trinajstić information content (AvgIpc) is 3.72. The van der Waals surface area contributed by atoms with Crippen LogP contribution in [-0.4, -0.2) is 58.6 Å². The summed E-state index contributed by atoms with van der Waals surface area (Å²) < 4.78 is 23.6. The first kappa shape index (κ1) is 22.2. The van der Waals surface area contributed by atoms with E-state index >= 15 is 0 Å². The summed E-state index contributed by atoms with van der Waals surface area (Å²) in [5, 5.41) is 17.3. The third-order valence-electron chi connectivity index (χ3n) is 7.12. The summed E-state index contributed by atoms with van der Waals surface area (Å²) in [6.45, 7) is 1.51. The lowest BCUT2D eigenvalue weighted by Crippen LogP contribution is -2.47. The highest BCUT2D eigenvalue weighted by Crippen LogP contribution is 2.43. The molecule has 1 aromatic heterocycles. The number of hydrogen-bond donors (Lipinski definition) is 0. The summed E-state index contributed by atoms with van der Waals surface area (Å²) in [7, 11) is 0. The molecule has 0 saturated carbocycles. The summed E-state index contributed by atoms with van der Waals surface area (Å²) in [5.41, 5.74) is 3.51. The highest BCUT2D eigenvalue weighted by molar-refractivity contribution is 5.88. The summed E-state index contributed by atoms with van der Waals surface area (Å²) in [6, 6.07) is 18.8. The minimum absolute atomic E-state index is 0.116. The molecule has 3 aliphatic rings. The molecule has 0 bridgehead atoms. The Morgan fingerprint density at radius 2 is 1.50 bits per heavy atom. The molecule has 38 heavy (non-hydrogen) atoms. The molecule has 4 aromatic rings. The molecular formula is C27H22N6O5. The first-order valence-corrected chi connectivity index (χ1v) is 12.3. The SMILES string of the molecule is N#Cc1ccc2c(c1)nnn2C(=O)N1CCC(N(c2ccc3c(c2)OCO3)c2ccc3c(c2)OCO3)CC1. The number of rotatable bonds is 3. The molecule has 1 amide bonds. The molecule has 0 N–H and O–H groups in total. The molecule has 0 atom stereocenters. The molecule has 11 heteroatoms. The van der Waals surface area contributed by atoms with Crippen LogP contribution < -0.4 is 23.8 Å². The number of nitrogens with zero attached hydrogens (tertiary/aromatic N) is 6. The van der Waals surface area contributed by atoms with Crippen LogP contribution in [0.25, 0.3) is 11.0 Å². The van der Waals surface area contributed by atoms with E-state index in [0.717, 1.165) is 35.7 Å². The van der Waals surface area contributed by atoms with Gasteiger partial charge >= 0.3 is 6.03 Å². The molecule has 0 aliphatic carbocycles. The second-order valence-electron chi connectivity index (χ2n) is 9.26. The van der Waals surface area contributed by atoms with E-state index in [0.29, 0.717) is 41.2 Å². The first-order chi connectivity index (χ1) is 18.7. The summed E-state index contributed by atoms with van der Waals surface area (Å²) in [6.07, 6.45) is 1.47. The van der Waals surface area contributed by atoms with Crippen LogP contribution in [0.1, 0.15) is 18.4 Å². The number of anilines is 2. The fourth-order valence-corrected chi connectivity index (χ4v) is 5.22. The number of nitriles is 1. The molecule has 0 radical (unpaired) electrons. The van der Waals surface area contributed by atoms with Crippen molar-refractivity contribution in [3.05, 3.63) is 60.2 Å². The zero-order valence-electron chi connectivity index (χ0n) is 20.2. The van der Waals surface area contributed by atoms with E-state index < -0.39 is 0 Å². The van der Waals surface area contributed by atoms with Crippen molar-refractivity contribution in [2.45, 2.75) is 18.9 Å². The topological polar surface area (TPSA) is 115 Å². The van der Waals surface area contributed by atoms with Crippen LogP contribution in [-0.2, 0) is 0 Å². The van der Waals surface area contributed by atoms with Gasteiger partial charge in [0.15, 0.2) is 23.0 Å². The van der Waals surface area contributed by atoms with Gasteiger partial charge in [0.25, 0.3) is 0 Å². The van der Waals surface area contributed by atoms with E-state index in [9.17, 15) is 4.79 Å². The number of aromatic nitrogens is 3. The van der Waals surface area contributed by atoms with Crippen molar-refractivity contribution >= 4 is 28.4 Å². The molecule has 7 rings (SSSR count). The monoisotopic (exact) mass is 510 g/mol. The zero-order valence-corrected chi connectivity index (χ0v) is 20.2. The lowest BCUT2D eigenvalue weighted by Gasteiger charge is -2.39. The zero-order chi connectivity index (χ0) is 25.6. The summed E-state index contributed by atoms with van der Waals surface area (Å²) >= 11 is 0. The van der Waals surface area contributed by atoms with Gasteiger partial charge in [-0.1, -0.05) is 5.21 Å². The highest BCUT2D eigenvalue weighted by atomic mass is 16.7. The Bertz CT molecular complexity index is 1550. The number of benzene rings is 3. The Morgan fingerprint density at radius 3 is 2.13 bits per heavy atom. The largest absolute Gasteiger partial charge is 0.454 e. The smallest absolute Gasteiger partial charge is 0.346 e. The van der Waals surface area contributed by atoms with Crippen LogP contribution >= 0.6 is 0 Å². The second-order valence-corrected chi connectivity index (χ2v) is 9.26. The maximum absolute atomic E-state index is 13.3. The Kier molecular flexibility index (Phi) is 5.18. The Labute approximate surface area is 217 Å². The van der Waals surface area contributed by atoms with Gasteiger partial charge in [0.2, 0.25) is 13.6 Å². The quantitative estimate of drug-likeness (QED) is 0.403. The number of amides is 1. The van der Waals surface area contributed by atoms with E-state index in [4.69, 9.17) is 24.2 Å². The lowest BCUT2D eigenvalue weighted by molar-refractivity contribution is 0.173. The number of likely N-dealkylation sites (tertiary alicyclic amines) is 1. The summed E-state index contributed by atoms with van der Waals surface area (Å²) in [5.74, 6) is 2.86. The maximum atomic E-state index is 13.3. The van der Waals surface area contributed by atoms with Gasteiger partial charge in [0.05, 0.1) is 17.1 Å². The molecule has 3 aromatic carbocycles. The van der Waals surface area contributed by atoms with Crippen LogP contribution in [0.5, 0.6) is 23.0 Å². The van der Waals surface area contributed by atoms with Gasteiger partial charge in [0.1, 0.15) is 5.52 Å². The molecular weight excluding hydrogens is 488 g/mol. The number of piperidine rings is 1. The molecule has 3 aliphatic heterocycles. The Morgan fingerprint density at radius 1 is 0.868 bits per heavy atom. The van der Waals surface area contributed by atoms with Crippen molar-refractivity contribution in [2.75, 3.05) is 31.6 Å². The number of ether oxygens (including phenoxy) is 4. The molecule has 190 valence electrons. The van der Waals surface area contributed by atoms with Crippen LogP contribution in [0, 0.1) is 11.3 Å². The van der Waals surface area contributed by atoms with Crippen molar-refractivity contribution in [2.24, 2.45) is 0 Å². The van der Waals surface area contributed by atoms with Gasteiger partial charge in [-0.05, 0) is 55.3 Å². The molecule has 1 saturated heterocycles. The van der Waals surface area contributed by atoms with Crippen LogP contribution in [0.15, 0.2) is 54.6 Å². The Hall–Kier alpha value is -4.98. The number of hydrogen-bond acceptors (Lipinski definition) is 9. The number of fused-ring (bicyclic) bond motifs is 3. The normalized spacial score (nSPS) is 16.0. The van der Waals surface area contributed by atoms with Gasteiger partial charge in [-0.25, -0.2) is 4.79 Å².